The molecule has 1 N–H and O–H groups in total. The Morgan fingerprint density at radius 3 is 2.84 bits per heavy atom. The SMILES string of the molecule is CC1CNC(C2CC2)CN1C(C)c1cccc(Br)c1. The van der Waals surface area contributed by atoms with Crippen LogP contribution in [0.15, 0.2) is 28.7 Å². The molecule has 104 valence electrons. The van der Waals surface area contributed by atoms with Gasteiger partial charge < -0.3 is 5.32 Å². The van der Waals surface area contributed by atoms with Gasteiger partial charge in [-0.25, -0.2) is 0 Å². The van der Waals surface area contributed by atoms with E-state index in [4.69, 9.17) is 0 Å². The summed E-state index contributed by atoms with van der Waals surface area (Å²) in [7, 11) is 0. The molecule has 1 aromatic carbocycles. The Balaban J connectivity index is 1.74. The lowest BCUT2D eigenvalue weighted by atomic mass is 10.00. The first-order chi connectivity index (χ1) is 9.15. The summed E-state index contributed by atoms with van der Waals surface area (Å²) in [6.45, 7) is 7.00. The molecule has 0 bridgehead atoms. The molecule has 2 aliphatic rings. The van der Waals surface area contributed by atoms with Gasteiger partial charge in [0.05, 0.1) is 0 Å². The van der Waals surface area contributed by atoms with E-state index in [1.54, 1.807) is 0 Å². The van der Waals surface area contributed by atoms with Gasteiger partial charge in [0.2, 0.25) is 0 Å². The Bertz CT molecular complexity index is 444. The van der Waals surface area contributed by atoms with Crippen LogP contribution in [0.25, 0.3) is 0 Å². The molecule has 1 saturated carbocycles. The predicted octanol–water partition coefficient (Wildman–Crippen LogP) is 3.58. The minimum absolute atomic E-state index is 0.496. The first kappa shape index (κ1) is 13.6. The van der Waals surface area contributed by atoms with Crippen LogP contribution in [0.2, 0.25) is 0 Å². The lowest BCUT2D eigenvalue weighted by Crippen LogP contribution is -2.56. The van der Waals surface area contributed by atoms with Gasteiger partial charge in [-0.3, -0.25) is 4.90 Å². The van der Waals surface area contributed by atoms with E-state index in [0.717, 1.165) is 12.5 Å². The molecule has 1 aliphatic heterocycles. The molecule has 2 fully saturated rings. The zero-order chi connectivity index (χ0) is 13.4. The summed E-state index contributed by atoms with van der Waals surface area (Å²) in [5.41, 5.74) is 1.41. The van der Waals surface area contributed by atoms with E-state index in [1.165, 1.54) is 29.4 Å². The van der Waals surface area contributed by atoms with Crippen molar-refractivity contribution >= 4 is 15.9 Å². The van der Waals surface area contributed by atoms with Crippen LogP contribution in [0, 0.1) is 5.92 Å². The van der Waals surface area contributed by atoms with E-state index in [0.29, 0.717) is 18.1 Å². The minimum Gasteiger partial charge on any atom is -0.311 e. The van der Waals surface area contributed by atoms with Gasteiger partial charge in [-0.1, -0.05) is 28.1 Å². The van der Waals surface area contributed by atoms with Crippen LogP contribution in [0.3, 0.4) is 0 Å². The maximum Gasteiger partial charge on any atom is 0.0324 e. The van der Waals surface area contributed by atoms with E-state index in [9.17, 15) is 0 Å². The summed E-state index contributed by atoms with van der Waals surface area (Å²) >= 11 is 3.58. The summed E-state index contributed by atoms with van der Waals surface area (Å²) in [6.07, 6.45) is 2.84. The summed E-state index contributed by atoms with van der Waals surface area (Å²) in [5, 5.41) is 3.73. The largest absolute Gasteiger partial charge is 0.311 e. The van der Waals surface area contributed by atoms with E-state index < -0.39 is 0 Å². The number of benzene rings is 1. The molecule has 3 heteroatoms. The Labute approximate surface area is 124 Å². The molecule has 0 aromatic heterocycles. The number of hydrogen-bond donors (Lipinski definition) is 1. The van der Waals surface area contributed by atoms with Crippen LogP contribution < -0.4 is 5.32 Å². The van der Waals surface area contributed by atoms with Crippen molar-refractivity contribution in [3.05, 3.63) is 34.3 Å². The quantitative estimate of drug-likeness (QED) is 0.915. The molecule has 1 aromatic rings. The smallest absolute Gasteiger partial charge is 0.0324 e. The topological polar surface area (TPSA) is 15.3 Å². The fraction of sp³-hybridized carbons (Fsp3) is 0.625. The minimum atomic E-state index is 0.496. The Hall–Kier alpha value is -0.380. The monoisotopic (exact) mass is 322 g/mol. The molecular weight excluding hydrogens is 300 g/mol. The molecule has 1 aliphatic carbocycles. The van der Waals surface area contributed by atoms with E-state index in [2.05, 4.69) is 64.3 Å². The number of piperazine rings is 1. The van der Waals surface area contributed by atoms with Crippen molar-refractivity contribution in [3.8, 4) is 0 Å². The summed E-state index contributed by atoms with van der Waals surface area (Å²) < 4.78 is 1.18. The van der Waals surface area contributed by atoms with Gasteiger partial charge in [0, 0.05) is 35.7 Å². The number of halogens is 1. The number of nitrogens with zero attached hydrogens (tertiary/aromatic N) is 1. The molecule has 19 heavy (non-hydrogen) atoms. The predicted molar refractivity (Wildman–Crippen MR) is 83.2 cm³/mol. The third-order valence-corrected chi connectivity index (χ3v) is 5.16. The van der Waals surface area contributed by atoms with Crippen LogP contribution in [-0.4, -0.2) is 30.1 Å². The number of rotatable bonds is 3. The average Bonchev–Trinajstić information content (AvgIpc) is 3.23. The fourth-order valence-corrected chi connectivity index (χ4v) is 3.64. The first-order valence-electron chi connectivity index (χ1n) is 7.39. The van der Waals surface area contributed by atoms with Crippen molar-refractivity contribution in [1.29, 1.82) is 0 Å². The van der Waals surface area contributed by atoms with Crippen molar-refractivity contribution in [2.45, 2.75) is 44.8 Å². The molecular formula is C16H23BrN2. The van der Waals surface area contributed by atoms with Gasteiger partial charge in [-0.15, -0.1) is 0 Å². The van der Waals surface area contributed by atoms with Crippen LogP contribution in [0.1, 0.15) is 38.3 Å². The molecule has 3 atom stereocenters. The second-order valence-corrected chi connectivity index (χ2v) is 7.04. The van der Waals surface area contributed by atoms with Crippen molar-refractivity contribution in [1.82, 2.24) is 10.2 Å². The first-order valence-corrected chi connectivity index (χ1v) is 8.19. The summed E-state index contributed by atoms with van der Waals surface area (Å²) in [5.74, 6) is 0.935. The molecule has 1 saturated heterocycles. The van der Waals surface area contributed by atoms with Crippen molar-refractivity contribution in [2.24, 2.45) is 5.92 Å². The van der Waals surface area contributed by atoms with Gasteiger partial charge in [0.25, 0.3) is 0 Å². The highest BCUT2D eigenvalue weighted by Gasteiger charge is 2.37. The van der Waals surface area contributed by atoms with E-state index in [1.807, 2.05) is 0 Å². The number of hydrogen-bond acceptors (Lipinski definition) is 2. The molecule has 0 amide bonds. The lowest BCUT2D eigenvalue weighted by Gasteiger charge is -2.42. The number of nitrogens with one attached hydrogen (secondary N) is 1. The normalized spacial score (nSPS) is 30.3. The van der Waals surface area contributed by atoms with Gasteiger partial charge >= 0.3 is 0 Å². The fourth-order valence-electron chi connectivity index (χ4n) is 3.22. The average molecular weight is 323 g/mol. The molecule has 1 heterocycles. The van der Waals surface area contributed by atoms with Crippen molar-refractivity contribution in [3.63, 3.8) is 0 Å². The lowest BCUT2D eigenvalue weighted by molar-refractivity contribution is 0.0924. The van der Waals surface area contributed by atoms with Crippen LogP contribution in [0.4, 0.5) is 0 Å². The summed E-state index contributed by atoms with van der Waals surface area (Å²) in [6, 6.07) is 10.6. The van der Waals surface area contributed by atoms with Gasteiger partial charge in [0.15, 0.2) is 0 Å². The van der Waals surface area contributed by atoms with E-state index in [-0.39, 0.29) is 0 Å². The van der Waals surface area contributed by atoms with Crippen LogP contribution in [0.5, 0.6) is 0 Å². The van der Waals surface area contributed by atoms with Gasteiger partial charge in [-0.2, -0.15) is 0 Å². The second-order valence-electron chi connectivity index (χ2n) is 6.13. The highest BCUT2D eigenvalue weighted by molar-refractivity contribution is 9.10. The molecule has 2 nitrogen and oxygen atoms in total. The third-order valence-electron chi connectivity index (χ3n) is 4.67. The zero-order valence-electron chi connectivity index (χ0n) is 11.8. The highest BCUT2D eigenvalue weighted by Crippen LogP contribution is 2.36. The maximum atomic E-state index is 3.73. The van der Waals surface area contributed by atoms with E-state index >= 15 is 0 Å². The molecule has 0 spiro atoms. The van der Waals surface area contributed by atoms with Crippen molar-refractivity contribution in [2.75, 3.05) is 13.1 Å². The Morgan fingerprint density at radius 1 is 1.37 bits per heavy atom. The van der Waals surface area contributed by atoms with Crippen LogP contribution in [-0.2, 0) is 0 Å². The molecule has 3 unspecified atom stereocenters. The molecule has 0 radical (unpaired) electrons. The second kappa shape index (κ2) is 5.55. The zero-order valence-corrected chi connectivity index (χ0v) is 13.4. The van der Waals surface area contributed by atoms with Gasteiger partial charge in [0.1, 0.15) is 0 Å². The Kier molecular flexibility index (Phi) is 3.97. The third kappa shape index (κ3) is 3.04. The highest BCUT2D eigenvalue weighted by atomic mass is 79.9. The van der Waals surface area contributed by atoms with Crippen LogP contribution >= 0.6 is 15.9 Å². The molecule has 3 rings (SSSR count). The Morgan fingerprint density at radius 2 is 2.16 bits per heavy atom. The van der Waals surface area contributed by atoms with Crippen molar-refractivity contribution < 1.29 is 0 Å². The maximum absolute atomic E-state index is 3.73. The summed E-state index contributed by atoms with van der Waals surface area (Å²) in [4.78, 5) is 2.67. The van der Waals surface area contributed by atoms with Gasteiger partial charge in [-0.05, 0) is 50.3 Å². The standard InChI is InChI=1S/C16H23BrN2/c1-11-9-18-16(13-6-7-13)10-19(11)12(2)14-4-3-5-15(17)8-14/h3-5,8,11-13,16,18H,6-7,9-10H2,1-2H3.